The highest BCUT2D eigenvalue weighted by molar-refractivity contribution is 7.07. The molecule has 0 aromatic carbocycles. The van der Waals surface area contributed by atoms with Crippen molar-refractivity contribution in [3.05, 3.63) is 46.9 Å². The third-order valence-electron chi connectivity index (χ3n) is 2.40. The molecule has 0 unspecified atom stereocenters. The van der Waals surface area contributed by atoms with Gasteiger partial charge in [-0.1, -0.05) is 26.2 Å². The van der Waals surface area contributed by atoms with Crippen molar-refractivity contribution in [3.8, 4) is 0 Å². The van der Waals surface area contributed by atoms with E-state index >= 15 is 0 Å². The van der Waals surface area contributed by atoms with Gasteiger partial charge in [0.25, 0.3) is 0 Å². The summed E-state index contributed by atoms with van der Waals surface area (Å²) in [5.74, 6) is 0. The second-order valence-electron chi connectivity index (χ2n) is 3.83. The molecular weight excluding hydrogens is 214 g/mol. The molecule has 0 bridgehead atoms. The van der Waals surface area contributed by atoms with Crippen LogP contribution in [0.2, 0.25) is 0 Å². The molecule has 2 heteroatoms. The van der Waals surface area contributed by atoms with Crippen LogP contribution in [0.5, 0.6) is 0 Å². The molecule has 0 spiro atoms. The summed E-state index contributed by atoms with van der Waals surface area (Å²) in [6.45, 7) is 2.25. The minimum absolute atomic E-state index is 1.28. The number of rotatable bonds is 5. The van der Waals surface area contributed by atoms with Gasteiger partial charge in [0, 0.05) is 12.4 Å². The molecule has 88 valence electrons. The van der Waals surface area contributed by atoms with Crippen LogP contribution in [0.1, 0.15) is 38.2 Å². The lowest BCUT2D eigenvalue weighted by Gasteiger charge is -1.96. The quantitative estimate of drug-likeness (QED) is 0.710. The van der Waals surface area contributed by atoms with Gasteiger partial charge in [-0.2, -0.15) is 11.3 Å². The predicted octanol–water partition coefficient (Wildman–Crippen LogP) is 4.89. The molecule has 2 aromatic heterocycles. The summed E-state index contributed by atoms with van der Waals surface area (Å²) in [4.78, 5) is 2.86. The summed E-state index contributed by atoms with van der Waals surface area (Å²) in [7, 11) is 0. The van der Waals surface area contributed by atoms with Gasteiger partial charge >= 0.3 is 0 Å². The molecule has 2 aromatic rings. The largest absolute Gasteiger partial charge is 0.368 e. The average molecular weight is 235 g/mol. The molecule has 0 aliphatic rings. The van der Waals surface area contributed by atoms with Crippen LogP contribution >= 0.6 is 11.3 Å². The Morgan fingerprint density at radius 1 is 1.12 bits per heavy atom. The first-order chi connectivity index (χ1) is 7.93. The molecule has 0 amide bonds. The maximum absolute atomic E-state index is 2.86. The van der Waals surface area contributed by atoms with Gasteiger partial charge in [-0.15, -0.1) is 0 Å². The zero-order chi connectivity index (χ0) is 11.5. The lowest BCUT2D eigenvalue weighted by atomic mass is 10.1. The maximum Gasteiger partial charge on any atom is 0.000496 e. The second kappa shape index (κ2) is 9.22. The van der Waals surface area contributed by atoms with E-state index in [2.05, 4.69) is 28.7 Å². The van der Waals surface area contributed by atoms with Crippen LogP contribution < -0.4 is 0 Å². The molecule has 0 fully saturated rings. The van der Waals surface area contributed by atoms with Crippen LogP contribution in [-0.2, 0) is 6.42 Å². The number of aromatic amines is 1. The first kappa shape index (κ1) is 13.0. The highest BCUT2D eigenvalue weighted by Crippen LogP contribution is 2.10. The van der Waals surface area contributed by atoms with Gasteiger partial charge < -0.3 is 4.98 Å². The molecule has 0 saturated carbocycles. The molecule has 1 N–H and O–H groups in total. The van der Waals surface area contributed by atoms with Crippen LogP contribution in [0.3, 0.4) is 0 Å². The fraction of sp³-hybridized carbons (Fsp3) is 0.429. The topological polar surface area (TPSA) is 15.8 Å². The number of hydrogen-bond donors (Lipinski definition) is 1. The third-order valence-corrected chi connectivity index (χ3v) is 3.13. The van der Waals surface area contributed by atoms with Crippen molar-refractivity contribution in [1.82, 2.24) is 4.98 Å². The number of hydrogen-bond acceptors (Lipinski definition) is 1. The number of H-pyrrole nitrogens is 1. The van der Waals surface area contributed by atoms with E-state index in [1.54, 1.807) is 11.3 Å². The summed E-state index contributed by atoms with van der Waals surface area (Å²) in [5, 5.41) is 4.42. The van der Waals surface area contributed by atoms with E-state index < -0.39 is 0 Å². The lowest BCUT2D eigenvalue weighted by molar-refractivity contribution is 0.667. The number of aromatic nitrogens is 1. The van der Waals surface area contributed by atoms with Crippen molar-refractivity contribution in [2.24, 2.45) is 0 Å². The molecule has 2 rings (SSSR count). The summed E-state index contributed by atoms with van der Waals surface area (Å²) in [5.41, 5.74) is 1.52. The third kappa shape index (κ3) is 6.46. The summed E-state index contributed by atoms with van der Waals surface area (Å²) in [6, 6.07) is 6.12. The van der Waals surface area contributed by atoms with Crippen molar-refractivity contribution < 1.29 is 0 Å². The van der Waals surface area contributed by atoms with Crippen LogP contribution in [0.4, 0.5) is 0 Å². The smallest absolute Gasteiger partial charge is 0.000496 e. The van der Waals surface area contributed by atoms with Gasteiger partial charge in [-0.25, -0.2) is 0 Å². The van der Waals surface area contributed by atoms with Crippen molar-refractivity contribution >= 4 is 11.3 Å². The standard InChI is InChI=1S/C10H16S.C4H5N/c1-2-3-4-5-6-10-7-8-11-9-10;1-2-4-5-3-1/h7-9H,2-6H2,1H3;1-5H. The van der Waals surface area contributed by atoms with Gasteiger partial charge in [-0.05, 0) is 47.4 Å². The van der Waals surface area contributed by atoms with E-state index in [0.29, 0.717) is 0 Å². The Labute approximate surface area is 103 Å². The second-order valence-corrected chi connectivity index (χ2v) is 4.61. The molecule has 0 radical (unpaired) electrons. The van der Waals surface area contributed by atoms with Crippen LogP contribution in [-0.4, -0.2) is 4.98 Å². The van der Waals surface area contributed by atoms with Gasteiger partial charge in [0.2, 0.25) is 0 Å². The fourth-order valence-electron chi connectivity index (χ4n) is 1.47. The van der Waals surface area contributed by atoms with E-state index in [9.17, 15) is 0 Å². The monoisotopic (exact) mass is 235 g/mol. The molecule has 0 aliphatic heterocycles. The van der Waals surface area contributed by atoms with Crippen molar-refractivity contribution in [3.63, 3.8) is 0 Å². The summed E-state index contributed by atoms with van der Waals surface area (Å²) < 4.78 is 0. The molecule has 2 heterocycles. The Bertz CT molecular complexity index is 293. The Morgan fingerprint density at radius 3 is 2.44 bits per heavy atom. The SMILES string of the molecule is CCCCCCc1ccsc1.c1cc[nH]c1. The molecular formula is C14H21NS. The average Bonchev–Trinajstić information content (AvgIpc) is 2.99. The molecule has 0 aliphatic carbocycles. The minimum atomic E-state index is 1.28. The van der Waals surface area contributed by atoms with Gasteiger partial charge in [0.1, 0.15) is 0 Å². The number of aryl methyl sites for hydroxylation is 1. The highest BCUT2D eigenvalue weighted by atomic mass is 32.1. The zero-order valence-corrected chi connectivity index (χ0v) is 10.8. The van der Waals surface area contributed by atoms with Gasteiger partial charge in [0.05, 0.1) is 0 Å². The normalized spacial score (nSPS) is 9.56. The number of unbranched alkanes of at least 4 members (excludes halogenated alkanes) is 3. The van der Waals surface area contributed by atoms with Crippen molar-refractivity contribution in [1.29, 1.82) is 0 Å². The van der Waals surface area contributed by atoms with E-state index in [0.717, 1.165) is 0 Å². The molecule has 1 nitrogen and oxygen atoms in total. The zero-order valence-electron chi connectivity index (χ0n) is 9.99. The van der Waals surface area contributed by atoms with E-state index in [1.165, 1.54) is 37.7 Å². The maximum atomic E-state index is 2.86. The minimum Gasteiger partial charge on any atom is -0.368 e. The molecule has 0 atom stereocenters. The van der Waals surface area contributed by atoms with E-state index in [4.69, 9.17) is 0 Å². The summed E-state index contributed by atoms with van der Waals surface area (Å²) >= 11 is 1.80. The first-order valence-electron chi connectivity index (χ1n) is 6.02. The van der Waals surface area contributed by atoms with Crippen molar-refractivity contribution in [2.75, 3.05) is 0 Å². The van der Waals surface area contributed by atoms with E-state index in [-0.39, 0.29) is 0 Å². The molecule has 16 heavy (non-hydrogen) atoms. The predicted molar refractivity (Wildman–Crippen MR) is 73.0 cm³/mol. The lowest BCUT2D eigenvalue weighted by Crippen LogP contribution is -1.81. The Hall–Kier alpha value is -1.02. The van der Waals surface area contributed by atoms with Crippen LogP contribution in [0, 0.1) is 0 Å². The van der Waals surface area contributed by atoms with Crippen molar-refractivity contribution in [2.45, 2.75) is 39.0 Å². The van der Waals surface area contributed by atoms with Crippen LogP contribution in [0.15, 0.2) is 41.4 Å². The van der Waals surface area contributed by atoms with E-state index in [1.807, 2.05) is 24.5 Å². The molecule has 0 saturated heterocycles. The Morgan fingerprint density at radius 2 is 1.94 bits per heavy atom. The first-order valence-corrected chi connectivity index (χ1v) is 6.96. The fourth-order valence-corrected chi connectivity index (χ4v) is 2.17. The summed E-state index contributed by atoms with van der Waals surface area (Å²) in [6.07, 6.45) is 10.5. The van der Waals surface area contributed by atoms with Gasteiger partial charge in [0.15, 0.2) is 0 Å². The van der Waals surface area contributed by atoms with Gasteiger partial charge in [-0.3, -0.25) is 0 Å². The number of nitrogens with one attached hydrogen (secondary N) is 1. The Kier molecular flexibility index (Phi) is 7.52. The Balaban J connectivity index is 0.000000212. The number of thiophene rings is 1. The van der Waals surface area contributed by atoms with Crippen LogP contribution in [0.25, 0.3) is 0 Å². The highest BCUT2D eigenvalue weighted by Gasteiger charge is 1.91.